The van der Waals surface area contributed by atoms with Gasteiger partial charge in [-0.25, -0.2) is 13.1 Å². The zero-order chi connectivity index (χ0) is 15.0. The van der Waals surface area contributed by atoms with Gasteiger partial charge < -0.3 is 5.32 Å². The van der Waals surface area contributed by atoms with Crippen LogP contribution in [-0.2, 0) is 10.0 Å². The Hall–Kier alpha value is -0.140. The molecule has 7 heteroatoms. The van der Waals surface area contributed by atoms with Gasteiger partial charge in [0.1, 0.15) is 4.90 Å². The van der Waals surface area contributed by atoms with Gasteiger partial charge in [-0.2, -0.15) is 0 Å². The second kappa shape index (κ2) is 5.93. The van der Waals surface area contributed by atoms with Crippen molar-refractivity contribution in [3.63, 3.8) is 0 Å². The minimum absolute atomic E-state index is 0.103. The summed E-state index contributed by atoms with van der Waals surface area (Å²) in [4.78, 5) is 0.122. The summed E-state index contributed by atoms with van der Waals surface area (Å²) in [5, 5.41) is 3.50. The molecule has 4 nitrogen and oxygen atoms in total. The summed E-state index contributed by atoms with van der Waals surface area (Å²) in [6, 6.07) is 4.68. The largest absolute Gasteiger partial charge is 0.316 e. The van der Waals surface area contributed by atoms with E-state index in [1.165, 1.54) is 6.07 Å². The number of nitrogens with one attached hydrogen (secondary N) is 2. The molecule has 0 spiro atoms. The lowest BCUT2D eigenvalue weighted by atomic mass is 9.81. The molecule has 0 bridgehead atoms. The molecule has 0 amide bonds. The Morgan fingerprint density at radius 2 is 2.15 bits per heavy atom. The molecule has 0 aliphatic carbocycles. The third kappa shape index (κ3) is 3.54. The lowest BCUT2D eigenvalue weighted by Crippen LogP contribution is -2.54. The molecule has 1 aromatic rings. The molecule has 1 aliphatic heterocycles. The van der Waals surface area contributed by atoms with E-state index in [2.05, 4.69) is 39.8 Å². The Labute approximate surface area is 133 Å². The van der Waals surface area contributed by atoms with E-state index in [0.29, 0.717) is 0 Å². The standard InChI is InChI=1S/C13H18BrClN2O2S/c1-13(2)8-16-6-5-12(13)17-20(18,19)11-4-3-9(14)7-10(11)15/h3-4,7,12,16-17H,5-6,8H2,1-2H3. The monoisotopic (exact) mass is 380 g/mol. The molecule has 1 aliphatic rings. The lowest BCUT2D eigenvalue weighted by Gasteiger charge is -2.39. The van der Waals surface area contributed by atoms with Gasteiger partial charge in [0, 0.05) is 17.1 Å². The first kappa shape index (κ1) is 16.2. The van der Waals surface area contributed by atoms with E-state index >= 15 is 0 Å². The first-order valence-electron chi connectivity index (χ1n) is 6.40. The summed E-state index contributed by atoms with van der Waals surface area (Å²) in [6.45, 7) is 5.70. The van der Waals surface area contributed by atoms with Crippen molar-refractivity contribution in [1.29, 1.82) is 0 Å². The van der Waals surface area contributed by atoms with Crippen molar-refractivity contribution in [2.24, 2.45) is 5.41 Å². The normalized spacial score (nSPS) is 22.7. The van der Waals surface area contributed by atoms with Crippen LogP contribution in [0.5, 0.6) is 0 Å². The molecule has 1 heterocycles. The number of piperidine rings is 1. The fourth-order valence-electron chi connectivity index (χ4n) is 2.33. The molecule has 112 valence electrons. The van der Waals surface area contributed by atoms with E-state index in [1.54, 1.807) is 12.1 Å². The van der Waals surface area contributed by atoms with Crippen molar-refractivity contribution >= 4 is 37.6 Å². The quantitative estimate of drug-likeness (QED) is 0.846. The summed E-state index contributed by atoms with van der Waals surface area (Å²) < 4.78 is 28.5. The highest BCUT2D eigenvalue weighted by atomic mass is 79.9. The molecule has 20 heavy (non-hydrogen) atoms. The first-order valence-corrected chi connectivity index (χ1v) is 9.06. The maximum absolute atomic E-state index is 12.5. The van der Waals surface area contributed by atoms with Crippen LogP contribution in [0, 0.1) is 5.41 Å². The Morgan fingerprint density at radius 1 is 1.45 bits per heavy atom. The maximum Gasteiger partial charge on any atom is 0.242 e. The number of hydrogen-bond donors (Lipinski definition) is 2. The van der Waals surface area contributed by atoms with Gasteiger partial charge in [0.15, 0.2) is 0 Å². The van der Waals surface area contributed by atoms with E-state index in [0.717, 1.165) is 24.0 Å². The Bertz CT molecular complexity index is 604. The van der Waals surface area contributed by atoms with Crippen molar-refractivity contribution in [3.8, 4) is 0 Å². The molecule has 1 saturated heterocycles. The highest BCUT2D eigenvalue weighted by molar-refractivity contribution is 9.10. The van der Waals surface area contributed by atoms with Gasteiger partial charge in [0.2, 0.25) is 10.0 Å². The van der Waals surface area contributed by atoms with E-state index < -0.39 is 10.0 Å². The highest BCUT2D eigenvalue weighted by Crippen LogP contribution is 2.29. The fourth-order valence-corrected chi connectivity index (χ4v) is 4.81. The summed E-state index contributed by atoms with van der Waals surface area (Å²) >= 11 is 9.31. The number of sulfonamides is 1. The van der Waals surface area contributed by atoms with Crippen LogP contribution in [0.25, 0.3) is 0 Å². The Kier molecular flexibility index (Phi) is 4.81. The third-order valence-electron chi connectivity index (χ3n) is 3.61. The van der Waals surface area contributed by atoms with E-state index in [9.17, 15) is 8.42 Å². The van der Waals surface area contributed by atoms with Crippen LogP contribution in [0.15, 0.2) is 27.6 Å². The summed E-state index contributed by atoms with van der Waals surface area (Å²) in [5.41, 5.74) is -0.132. The molecular formula is C13H18BrClN2O2S. The molecule has 0 aromatic heterocycles. The number of rotatable bonds is 3. The summed E-state index contributed by atoms with van der Waals surface area (Å²) in [7, 11) is -3.61. The van der Waals surface area contributed by atoms with Crippen molar-refractivity contribution in [1.82, 2.24) is 10.0 Å². The van der Waals surface area contributed by atoms with Gasteiger partial charge in [-0.1, -0.05) is 41.4 Å². The second-order valence-corrected chi connectivity index (χ2v) is 8.71. The number of halogens is 2. The van der Waals surface area contributed by atoms with Crippen LogP contribution in [0.1, 0.15) is 20.3 Å². The van der Waals surface area contributed by atoms with Gasteiger partial charge in [0.25, 0.3) is 0 Å². The average molecular weight is 382 g/mol. The highest BCUT2D eigenvalue weighted by Gasteiger charge is 2.35. The SMILES string of the molecule is CC1(C)CNCCC1NS(=O)(=O)c1ccc(Br)cc1Cl. The van der Waals surface area contributed by atoms with Crippen LogP contribution in [0.4, 0.5) is 0 Å². The summed E-state index contributed by atoms with van der Waals surface area (Å²) in [5.74, 6) is 0. The minimum atomic E-state index is -3.61. The van der Waals surface area contributed by atoms with Gasteiger partial charge in [0.05, 0.1) is 5.02 Å². The van der Waals surface area contributed by atoms with Crippen LogP contribution in [-0.4, -0.2) is 27.5 Å². The van der Waals surface area contributed by atoms with Gasteiger partial charge >= 0.3 is 0 Å². The van der Waals surface area contributed by atoms with E-state index in [-0.39, 0.29) is 21.4 Å². The molecule has 2 rings (SSSR count). The smallest absolute Gasteiger partial charge is 0.242 e. The second-order valence-electron chi connectivity index (χ2n) is 5.70. The molecule has 1 unspecified atom stereocenters. The van der Waals surface area contributed by atoms with Crippen molar-refractivity contribution in [3.05, 3.63) is 27.7 Å². The average Bonchev–Trinajstić information content (AvgIpc) is 2.31. The molecule has 1 fully saturated rings. The van der Waals surface area contributed by atoms with Gasteiger partial charge in [-0.3, -0.25) is 0 Å². The number of benzene rings is 1. The zero-order valence-corrected chi connectivity index (χ0v) is 14.6. The van der Waals surface area contributed by atoms with Gasteiger partial charge in [-0.05, 0) is 36.6 Å². The molecule has 0 radical (unpaired) electrons. The first-order chi connectivity index (χ1) is 9.22. The zero-order valence-electron chi connectivity index (χ0n) is 11.4. The minimum Gasteiger partial charge on any atom is -0.316 e. The van der Waals surface area contributed by atoms with Gasteiger partial charge in [-0.15, -0.1) is 0 Å². The fraction of sp³-hybridized carbons (Fsp3) is 0.538. The summed E-state index contributed by atoms with van der Waals surface area (Å²) in [6.07, 6.45) is 0.764. The Balaban J connectivity index is 2.27. The maximum atomic E-state index is 12.5. The van der Waals surface area contributed by atoms with Crippen LogP contribution < -0.4 is 10.0 Å². The van der Waals surface area contributed by atoms with Crippen LogP contribution in [0.3, 0.4) is 0 Å². The van der Waals surface area contributed by atoms with E-state index in [1.807, 2.05) is 0 Å². The third-order valence-corrected chi connectivity index (χ3v) is 6.06. The van der Waals surface area contributed by atoms with Crippen molar-refractivity contribution < 1.29 is 8.42 Å². The van der Waals surface area contributed by atoms with E-state index in [4.69, 9.17) is 11.6 Å². The topological polar surface area (TPSA) is 58.2 Å². The van der Waals surface area contributed by atoms with Crippen molar-refractivity contribution in [2.75, 3.05) is 13.1 Å². The number of hydrogen-bond acceptors (Lipinski definition) is 3. The molecule has 0 saturated carbocycles. The van der Waals surface area contributed by atoms with Crippen LogP contribution >= 0.6 is 27.5 Å². The van der Waals surface area contributed by atoms with Crippen molar-refractivity contribution in [2.45, 2.75) is 31.2 Å². The lowest BCUT2D eigenvalue weighted by molar-refractivity contribution is 0.206. The molecule has 2 N–H and O–H groups in total. The van der Waals surface area contributed by atoms with Crippen LogP contribution in [0.2, 0.25) is 5.02 Å². The predicted molar refractivity (Wildman–Crippen MR) is 84.5 cm³/mol. The molecule has 1 atom stereocenters. The molecular weight excluding hydrogens is 364 g/mol. The predicted octanol–water partition coefficient (Wildman–Crippen LogP) is 2.77. The molecule has 1 aromatic carbocycles. The Morgan fingerprint density at radius 3 is 2.75 bits per heavy atom.